The van der Waals surface area contributed by atoms with E-state index in [2.05, 4.69) is 10.6 Å². The van der Waals surface area contributed by atoms with Crippen LogP contribution in [0.15, 0.2) is 72.8 Å². The number of carbonyl (C=O) groups excluding carboxylic acids is 2. The van der Waals surface area contributed by atoms with Crippen LogP contribution in [-0.2, 0) is 14.4 Å². The summed E-state index contributed by atoms with van der Waals surface area (Å²) in [5.74, 6) is -1.86. The normalized spacial score (nSPS) is 15.5. The Morgan fingerprint density at radius 1 is 0.788 bits per heavy atom. The molecule has 3 N–H and O–H groups in total. The predicted octanol–water partition coefficient (Wildman–Crippen LogP) is 4.93. The lowest BCUT2D eigenvalue weighted by Gasteiger charge is -2.20. The molecule has 2 aromatic carbocycles. The first-order chi connectivity index (χ1) is 16.0. The summed E-state index contributed by atoms with van der Waals surface area (Å²) in [7, 11) is 0. The van der Waals surface area contributed by atoms with E-state index in [-0.39, 0.29) is 11.9 Å². The highest BCUT2D eigenvalue weighted by atomic mass is 16.4. The molecule has 1 aliphatic carbocycles. The zero-order valence-electron chi connectivity index (χ0n) is 18.6. The van der Waals surface area contributed by atoms with Crippen LogP contribution in [0, 0.1) is 0 Å². The standard InChI is InChI=1S/C27H30N2O4/c30-25(16-17-27(32)33)29-23-15-9-12-21(18-23)24(20-10-5-4-6-11-20)19-26(31)28-22-13-7-2-1-3-8-14-22/h4-6,9-12,15-19,22H,1-3,7-8,13-14H2,(H,28,31)(H,29,30)(H,32,33). The molecule has 0 saturated heterocycles. The molecule has 2 aromatic rings. The van der Waals surface area contributed by atoms with Gasteiger partial charge >= 0.3 is 5.97 Å². The zero-order chi connectivity index (χ0) is 23.5. The summed E-state index contributed by atoms with van der Waals surface area (Å²) in [5, 5.41) is 14.5. The zero-order valence-corrected chi connectivity index (χ0v) is 18.6. The summed E-state index contributed by atoms with van der Waals surface area (Å²) in [6.45, 7) is 0. The maximum absolute atomic E-state index is 13.0. The third-order valence-corrected chi connectivity index (χ3v) is 5.63. The SMILES string of the molecule is O=C(O)C=CC(=O)Nc1cccc(C(=CC(=O)NC2CCCCCCC2)c2ccccc2)c1. The van der Waals surface area contributed by atoms with Gasteiger partial charge in [-0.1, -0.05) is 74.6 Å². The molecule has 172 valence electrons. The van der Waals surface area contributed by atoms with E-state index in [0.29, 0.717) is 5.69 Å². The highest BCUT2D eigenvalue weighted by Crippen LogP contribution is 2.26. The summed E-state index contributed by atoms with van der Waals surface area (Å²) in [6, 6.07) is 17.0. The average Bonchev–Trinajstić information content (AvgIpc) is 2.78. The van der Waals surface area contributed by atoms with Crippen LogP contribution in [0.2, 0.25) is 0 Å². The van der Waals surface area contributed by atoms with Crippen LogP contribution in [0.4, 0.5) is 5.69 Å². The molecule has 3 rings (SSSR count). The molecule has 0 bridgehead atoms. The lowest BCUT2D eigenvalue weighted by molar-refractivity contribution is -0.131. The number of carboxylic acid groups (broad SMARTS) is 1. The first-order valence-corrected chi connectivity index (χ1v) is 11.4. The lowest BCUT2D eigenvalue weighted by Crippen LogP contribution is -2.34. The molecular formula is C27H30N2O4. The minimum Gasteiger partial charge on any atom is -0.478 e. The minimum atomic E-state index is -1.19. The van der Waals surface area contributed by atoms with Gasteiger partial charge in [0.25, 0.3) is 0 Å². The largest absolute Gasteiger partial charge is 0.478 e. The number of hydrogen-bond acceptors (Lipinski definition) is 3. The molecule has 1 fully saturated rings. The van der Waals surface area contributed by atoms with Crippen molar-refractivity contribution in [1.82, 2.24) is 5.32 Å². The van der Waals surface area contributed by atoms with Crippen LogP contribution in [0.1, 0.15) is 56.1 Å². The fourth-order valence-corrected chi connectivity index (χ4v) is 4.02. The van der Waals surface area contributed by atoms with E-state index in [1.807, 2.05) is 36.4 Å². The number of benzene rings is 2. The number of anilines is 1. The molecule has 2 amide bonds. The van der Waals surface area contributed by atoms with Crippen molar-refractivity contribution in [1.29, 1.82) is 0 Å². The Kier molecular flexibility index (Phi) is 9.00. The average molecular weight is 447 g/mol. The van der Waals surface area contributed by atoms with Crippen molar-refractivity contribution < 1.29 is 19.5 Å². The summed E-state index contributed by atoms with van der Waals surface area (Å²) in [4.78, 5) is 35.6. The van der Waals surface area contributed by atoms with Crippen molar-refractivity contribution in [3.8, 4) is 0 Å². The predicted molar refractivity (Wildman–Crippen MR) is 130 cm³/mol. The minimum absolute atomic E-state index is 0.127. The third kappa shape index (κ3) is 8.07. The summed E-state index contributed by atoms with van der Waals surface area (Å²) >= 11 is 0. The first-order valence-electron chi connectivity index (χ1n) is 11.4. The third-order valence-electron chi connectivity index (χ3n) is 5.63. The van der Waals surface area contributed by atoms with Gasteiger partial charge in [-0.3, -0.25) is 9.59 Å². The van der Waals surface area contributed by atoms with E-state index < -0.39 is 11.9 Å². The van der Waals surface area contributed by atoms with Crippen molar-refractivity contribution >= 4 is 29.0 Å². The number of carbonyl (C=O) groups is 3. The quantitative estimate of drug-likeness (QED) is 0.526. The number of amides is 2. The molecule has 6 nitrogen and oxygen atoms in total. The molecule has 0 radical (unpaired) electrons. The Hall–Kier alpha value is -3.67. The maximum Gasteiger partial charge on any atom is 0.328 e. The van der Waals surface area contributed by atoms with Gasteiger partial charge in [0.15, 0.2) is 0 Å². The van der Waals surface area contributed by atoms with E-state index in [4.69, 9.17) is 5.11 Å². The Bertz CT molecular complexity index is 1020. The molecule has 6 heteroatoms. The van der Waals surface area contributed by atoms with Crippen molar-refractivity contribution in [2.45, 2.75) is 51.0 Å². The lowest BCUT2D eigenvalue weighted by atomic mass is 9.95. The fraction of sp³-hybridized carbons (Fsp3) is 0.296. The topological polar surface area (TPSA) is 95.5 Å². The van der Waals surface area contributed by atoms with Crippen molar-refractivity contribution in [2.75, 3.05) is 5.32 Å². The van der Waals surface area contributed by atoms with Crippen LogP contribution in [0.25, 0.3) is 5.57 Å². The molecule has 0 atom stereocenters. The Labute approximate surface area is 194 Å². The van der Waals surface area contributed by atoms with Crippen LogP contribution in [0.3, 0.4) is 0 Å². The second-order valence-corrected chi connectivity index (χ2v) is 8.22. The second-order valence-electron chi connectivity index (χ2n) is 8.22. The molecular weight excluding hydrogens is 416 g/mol. The van der Waals surface area contributed by atoms with Gasteiger partial charge < -0.3 is 15.7 Å². The highest BCUT2D eigenvalue weighted by Gasteiger charge is 2.15. The van der Waals surface area contributed by atoms with Gasteiger partial charge in [0.1, 0.15) is 0 Å². The molecule has 33 heavy (non-hydrogen) atoms. The smallest absolute Gasteiger partial charge is 0.328 e. The Morgan fingerprint density at radius 3 is 2.15 bits per heavy atom. The monoisotopic (exact) mass is 446 g/mol. The van der Waals surface area contributed by atoms with E-state index >= 15 is 0 Å². The van der Waals surface area contributed by atoms with E-state index in [0.717, 1.165) is 54.5 Å². The van der Waals surface area contributed by atoms with E-state index in [9.17, 15) is 14.4 Å². The Balaban J connectivity index is 1.83. The first kappa shape index (κ1) is 24.0. The molecule has 1 aliphatic rings. The molecule has 0 spiro atoms. The van der Waals surface area contributed by atoms with Crippen molar-refractivity contribution in [3.63, 3.8) is 0 Å². The van der Waals surface area contributed by atoms with Crippen LogP contribution in [0.5, 0.6) is 0 Å². The van der Waals surface area contributed by atoms with Gasteiger partial charge in [-0.25, -0.2) is 4.79 Å². The highest BCUT2D eigenvalue weighted by molar-refractivity contribution is 6.03. The van der Waals surface area contributed by atoms with Gasteiger partial charge in [0.05, 0.1) is 0 Å². The number of aliphatic carboxylic acids is 1. The maximum atomic E-state index is 13.0. The molecule has 0 heterocycles. The molecule has 0 aliphatic heterocycles. The van der Waals surface area contributed by atoms with Gasteiger partial charge in [0.2, 0.25) is 11.8 Å². The van der Waals surface area contributed by atoms with Crippen molar-refractivity contribution in [2.24, 2.45) is 0 Å². The van der Waals surface area contributed by atoms with Gasteiger partial charge in [-0.15, -0.1) is 0 Å². The summed E-state index contributed by atoms with van der Waals surface area (Å²) < 4.78 is 0. The summed E-state index contributed by atoms with van der Waals surface area (Å²) in [6.07, 6.45) is 11.4. The number of nitrogens with one attached hydrogen (secondary N) is 2. The molecule has 1 saturated carbocycles. The van der Waals surface area contributed by atoms with Crippen LogP contribution in [-0.4, -0.2) is 28.9 Å². The van der Waals surface area contributed by atoms with E-state index in [1.165, 1.54) is 19.3 Å². The second kappa shape index (κ2) is 12.4. The molecule has 0 unspecified atom stereocenters. The fourth-order valence-electron chi connectivity index (χ4n) is 4.02. The van der Waals surface area contributed by atoms with E-state index in [1.54, 1.807) is 24.3 Å². The molecule has 0 aromatic heterocycles. The summed E-state index contributed by atoms with van der Waals surface area (Å²) in [5.41, 5.74) is 2.92. The van der Waals surface area contributed by atoms with Gasteiger partial charge in [-0.2, -0.15) is 0 Å². The van der Waals surface area contributed by atoms with Crippen LogP contribution < -0.4 is 10.6 Å². The number of rotatable bonds is 7. The number of hydrogen-bond donors (Lipinski definition) is 3. The van der Waals surface area contributed by atoms with Crippen LogP contribution >= 0.6 is 0 Å². The van der Waals surface area contributed by atoms with Crippen molar-refractivity contribution in [3.05, 3.63) is 84.0 Å². The Morgan fingerprint density at radius 2 is 1.45 bits per heavy atom. The van der Waals surface area contributed by atoms with Gasteiger partial charge in [-0.05, 0) is 41.7 Å². The number of carboxylic acids is 1. The van der Waals surface area contributed by atoms with Gasteiger partial charge in [0, 0.05) is 30.0 Å².